The number of nitrogens with zero attached hydrogens (tertiary/aromatic N) is 4. The minimum atomic E-state index is 0.874. The van der Waals surface area contributed by atoms with Crippen LogP contribution in [0.1, 0.15) is 0 Å². The molecule has 0 amide bonds. The van der Waals surface area contributed by atoms with E-state index in [0.29, 0.717) is 0 Å². The number of benzene rings is 10. The van der Waals surface area contributed by atoms with Gasteiger partial charge in [0.15, 0.2) is 0 Å². The molecule has 4 heteroatoms. The smallest absolute Gasteiger partial charge is 0.0979 e. The Morgan fingerprint density at radius 3 is 1.10 bits per heavy atom. The molecule has 0 aliphatic rings. The van der Waals surface area contributed by atoms with Crippen molar-refractivity contribution in [3.8, 4) is 45.0 Å². The molecule has 0 radical (unpaired) electrons. The third-order valence-corrected chi connectivity index (χ3v) is 12.7. The summed E-state index contributed by atoms with van der Waals surface area (Å²) in [6.07, 6.45) is 0. The van der Waals surface area contributed by atoms with E-state index in [0.717, 1.165) is 66.8 Å². The van der Waals surface area contributed by atoms with Crippen LogP contribution in [0.3, 0.4) is 0 Å². The van der Waals surface area contributed by atoms with E-state index in [1.807, 2.05) is 6.07 Å². The summed E-state index contributed by atoms with van der Waals surface area (Å²) in [5.74, 6) is 0. The van der Waals surface area contributed by atoms with Gasteiger partial charge in [-0.15, -0.1) is 0 Å². The summed E-state index contributed by atoms with van der Waals surface area (Å²) in [6.45, 7) is 0. The van der Waals surface area contributed by atoms with Crippen LogP contribution < -0.4 is 0 Å². The van der Waals surface area contributed by atoms with Crippen molar-refractivity contribution >= 4 is 76.2 Å². The molecule has 0 unspecified atom stereocenters. The molecule has 4 nitrogen and oxygen atoms in total. The van der Waals surface area contributed by atoms with Gasteiger partial charge in [0.05, 0.1) is 44.5 Å². The summed E-state index contributed by atoms with van der Waals surface area (Å²) in [5.41, 5.74) is 15.0. The Balaban J connectivity index is 0.926. The molecule has 0 N–H and O–H groups in total. The van der Waals surface area contributed by atoms with Gasteiger partial charge in [0.25, 0.3) is 0 Å². The summed E-state index contributed by atoms with van der Waals surface area (Å²) in [7, 11) is 0. The van der Waals surface area contributed by atoms with Crippen molar-refractivity contribution in [3.05, 3.63) is 218 Å². The average molecular weight is 789 g/mol. The highest BCUT2D eigenvalue weighted by Crippen LogP contribution is 2.41. The fourth-order valence-corrected chi connectivity index (χ4v) is 9.85. The van der Waals surface area contributed by atoms with Gasteiger partial charge in [-0.3, -0.25) is 0 Å². The lowest BCUT2D eigenvalue weighted by atomic mass is 9.97. The number of hydrogen-bond acceptors (Lipinski definition) is 2. The van der Waals surface area contributed by atoms with Crippen LogP contribution in [0, 0.1) is 0 Å². The Hall–Kier alpha value is -8.34. The molecule has 0 saturated carbocycles. The first-order chi connectivity index (χ1) is 30.8. The van der Waals surface area contributed by atoms with Crippen molar-refractivity contribution in [2.45, 2.75) is 0 Å². The van der Waals surface area contributed by atoms with E-state index in [9.17, 15) is 0 Å². The normalized spacial score (nSPS) is 11.9. The second-order valence-corrected chi connectivity index (χ2v) is 16.1. The fourth-order valence-electron chi connectivity index (χ4n) is 9.85. The SMILES string of the molecule is c1ccc(-c2nc3c4ccccc4c4ccccc4c3nc2-c2ccc(-c3ccc(-n4c5ccccc5c5cc6c(cc54)c4ccccc4n6-c4ccccc4)cc3)cc2)cc1. The Kier molecular flexibility index (Phi) is 7.57. The van der Waals surface area contributed by atoms with E-state index < -0.39 is 0 Å². The van der Waals surface area contributed by atoms with Crippen molar-refractivity contribution in [3.63, 3.8) is 0 Å². The standard InChI is InChI=1S/C58H36N4/c1-3-15-39(16-4-1)55-56(60-58-48-24-10-8-20-44(48)43-19-7-9-23-47(43)57(58)59-55)40-29-27-37(28-30-40)38-31-33-42(34-32-38)62-52-26-14-12-22-46(52)50-35-53-49(36-54(50)62)45-21-11-13-25-51(45)61(53)41-17-5-2-6-18-41/h1-36H. The maximum atomic E-state index is 5.48. The lowest BCUT2D eigenvalue weighted by molar-refractivity contribution is 1.17. The van der Waals surface area contributed by atoms with Crippen LogP contribution in [-0.4, -0.2) is 19.1 Å². The highest BCUT2D eigenvalue weighted by atomic mass is 15.0. The lowest BCUT2D eigenvalue weighted by Crippen LogP contribution is -1.97. The topological polar surface area (TPSA) is 35.6 Å². The van der Waals surface area contributed by atoms with Gasteiger partial charge in [-0.25, -0.2) is 9.97 Å². The molecule has 3 aromatic heterocycles. The molecule has 62 heavy (non-hydrogen) atoms. The van der Waals surface area contributed by atoms with E-state index in [1.54, 1.807) is 0 Å². The van der Waals surface area contributed by atoms with Gasteiger partial charge in [-0.2, -0.15) is 0 Å². The van der Waals surface area contributed by atoms with Gasteiger partial charge in [0.2, 0.25) is 0 Å². The fraction of sp³-hybridized carbons (Fsp3) is 0. The van der Waals surface area contributed by atoms with Crippen LogP contribution in [-0.2, 0) is 0 Å². The van der Waals surface area contributed by atoms with Crippen molar-refractivity contribution in [1.82, 2.24) is 19.1 Å². The second-order valence-electron chi connectivity index (χ2n) is 16.1. The number of para-hydroxylation sites is 3. The zero-order valence-electron chi connectivity index (χ0n) is 33.6. The molecule has 13 aromatic rings. The maximum absolute atomic E-state index is 5.48. The van der Waals surface area contributed by atoms with Crippen LogP contribution in [0.15, 0.2) is 218 Å². The Morgan fingerprint density at radius 1 is 0.242 bits per heavy atom. The quantitative estimate of drug-likeness (QED) is 0.163. The average Bonchev–Trinajstić information content (AvgIpc) is 3.85. The molecule has 0 atom stereocenters. The van der Waals surface area contributed by atoms with Crippen molar-refractivity contribution in [1.29, 1.82) is 0 Å². The summed E-state index contributed by atoms with van der Waals surface area (Å²) >= 11 is 0. The van der Waals surface area contributed by atoms with E-state index >= 15 is 0 Å². The molecule has 3 heterocycles. The zero-order chi connectivity index (χ0) is 40.7. The van der Waals surface area contributed by atoms with Gasteiger partial charge < -0.3 is 9.13 Å². The molecule has 0 fully saturated rings. The predicted octanol–water partition coefficient (Wildman–Crippen LogP) is 15.1. The van der Waals surface area contributed by atoms with Gasteiger partial charge in [0, 0.05) is 54.8 Å². The van der Waals surface area contributed by atoms with E-state index in [2.05, 4.69) is 221 Å². The van der Waals surface area contributed by atoms with Crippen LogP contribution in [0.2, 0.25) is 0 Å². The van der Waals surface area contributed by atoms with Gasteiger partial charge in [-0.05, 0) is 70.4 Å². The molecular weight excluding hydrogens is 753 g/mol. The van der Waals surface area contributed by atoms with Gasteiger partial charge in [-0.1, -0.05) is 170 Å². The van der Waals surface area contributed by atoms with Crippen molar-refractivity contribution < 1.29 is 0 Å². The first kappa shape index (κ1) is 34.5. The Morgan fingerprint density at radius 2 is 0.597 bits per heavy atom. The first-order valence-corrected chi connectivity index (χ1v) is 21.2. The largest absolute Gasteiger partial charge is 0.309 e. The van der Waals surface area contributed by atoms with Crippen molar-refractivity contribution in [2.24, 2.45) is 0 Å². The highest BCUT2D eigenvalue weighted by molar-refractivity contribution is 6.24. The third kappa shape index (κ3) is 5.20. The monoisotopic (exact) mass is 788 g/mol. The van der Waals surface area contributed by atoms with Gasteiger partial charge in [0.1, 0.15) is 0 Å². The maximum Gasteiger partial charge on any atom is 0.0979 e. The Bertz CT molecular complexity index is 3880. The van der Waals surface area contributed by atoms with Crippen LogP contribution in [0.4, 0.5) is 0 Å². The summed E-state index contributed by atoms with van der Waals surface area (Å²) < 4.78 is 4.82. The molecule has 0 saturated heterocycles. The molecule has 13 rings (SSSR count). The molecule has 288 valence electrons. The molecule has 0 aliphatic heterocycles. The number of hydrogen-bond donors (Lipinski definition) is 0. The number of fused-ring (bicyclic) bond motifs is 12. The van der Waals surface area contributed by atoms with E-state index in [4.69, 9.17) is 9.97 Å². The summed E-state index contributed by atoms with van der Waals surface area (Å²) in [5, 5.41) is 9.56. The summed E-state index contributed by atoms with van der Waals surface area (Å²) in [6, 6.07) is 78.3. The second kappa shape index (κ2) is 13.6. The first-order valence-electron chi connectivity index (χ1n) is 21.2. The number of aromatic nitrogens is 4. The Labute approximate surface area is 357 Å². The van der Waals surface area contributed by atoms with Crippen molar-refractivity contribution in [2.75, 3.05) is 0 Å². The van der Waals surface area contributed by atoms with Crippen LogP contribution >= 0.6 is 0 Å². The predicted molar refractivity (Wildman–Crippen MR) is 260 cm³/mol. The molecule has 0 aliphatic carbocycles. The molecular formula is C58H36N4. The minimum Gasteiger partial charge on any atom is -0.309 e. The van der Waals surface area contributed by atoms with Crippen LogP contribution in [0.25, 0.3) is 121 Å². The van der Waals surface area contributed by atoms with Crippen LogP contribution in [0.5, 0.6) is 0 Å². The zero-order valence-corrected chi connectivity index (χ0v) is 33.6. The van der Waals surface area contributed by atoms with E-state index in [1.165, 1.54) is 54.4 Å². The van der Waals surface area contributed by atoms with Gasteiger partial charge >= 0.3 is 0 Å². The molecule has 0 bridgehead atoms. The molecule has 0 spiro atoms. The summed E-state index contributed by atoms with van der Waals surface area (Å²) in [4.78, 5) is 10.9. The van der Waals surface area contributed by atoms with E-state index in [-0.39, 0.29) is 0 Å². The third-order valence-electron chi connectivity index (χ3n) is 12.7. The molecule has 10 aromatic carbocycles. The number of rotatable bonds is 5. The highest BCUT2D eigenvalue weighted by Gasteiger charge is 2.20. The minimum absolute atomic E-state index is 0.874. The lowest BCUT2D eigenvalue weighted by Gasteiger charge is -2.15.